The molecule has 4 nitrogen and oxygen atoms in total. The predicted octanol–water partition coefficient (Wildman–Crippen LogP) is 3.95. The molecule has 1 N–H and O–H groups in total. The van der Waals surface area contributed by atoms with E-state index in [-0.39, 0.29) is 5.13 Å². The second kappa shape index (κ2) is 5.75. The van der Waals surface area contributed by atoms with Gasteiger partial charge in [0.1, 0.15) is 11.6 Å². The highest BCUT2D eigenvalue weighted by Crippen LogP contribution is 2.30. The molecule has 22 heavy (non-hydrogen) atoms. The molecule has 1 aromatic carbocycles. The molecule has 0 fully saturated rings. The molecule has 9 heteroatoms. The SMILES string of the molecule is O=S(=O)(Nc1nc(-c2cccs2)cs1)c1c(F)cccc1F. The largest absolute Gasteiger partial charge is 0.269 e. The van der Waals surface area contributed by atoms with Crippen LogP contribution in [0.15, 0.2) is 46.0 Å². The summed E-state index contributed by atoms with van der Waals surface area (Å²) in [6.45, 7) is 0. The van der Waals surface area contributed by atoms with Gasteiger partial charge in [0.15, 0.2) is 10.0 Å². The summed E-state index contributed by atoms with van der Waals surface area (Å²) in [7, 11) is -4.38. The van der Waals surface area contributed by atoms with Gasteiger partial charge in [-0.3, -0.25) is 4.72 Å². The number of sulfonamides is 1. The predicted molar refractivity (Wildman–Crippen MR) is 82.6 cm³/mol. The van der Waals surface area contributed by atoms with Crippen LogP contribution in [0.1, 0.15) is 0 Å². The van der Waals surface area contributed by atoms with Gasteiger partial charge in [-0.15, -0.1) is 22.7 Å². The first-order valence-electron chi connectivity index (χ1n) is 5.93. The first kappa shape index (κ1) is 15.1. The molecule has 0 radical (unpaired) electrons. The molecule has 0 atom stereocenters. The van der Waals surface area contributed by atoms with Gasteiger partial charge in [-0.25, -0.2) is 22.2 Å². The van der Waals surface area contributed by atoms with E-state index in [1.54, 1.807) is 5.38 Å². The Morgan fingerprint density at radius 2 is 1.77 bits per heavy atom. The van der Waals surface area contributed by atoms with E-state index in [0.717, 1.165) is 34.4 Å². The van der Waals surface area contributed by atoms with E-state index in [1.807, 2.05) is 17.5 Å². The van der Waals surface area contributed by atoms with Crippen molar-refractivity contribution in [2.45, 2.75) is 4.90 Å². The Bertz CT molecular complexity index is 885. The minimum Gasteiger partial charge on any atom is -0.254 e. The van der Waals surface area contributed by atoms with Gasteiger partial charge in [-0.1, -0.05) is 12.1 Å². The molecule has 114 valence electrons. The molecule has 0 aliphatic carbocycles. The number of rotatable bonds is 4. The smallest absolute Gasteiger partial charge is 0.254 e. The maximum Gasteiger partial charge on any atom is 0.269 e. The molecular weight excluding hydrogens is 350 g/mol. The zero-order valence-corrected chi connectivity index (χ0v) is 13.2. The van der Waals surface area contributed by atoms with Crippen molar-refractivity contribution in [1.82, 2.24) is 4.98 Å². The molecule has 0 unspecified atom stereocenters. The summed E-state index contributed by atoms with van der Waals surface area (Å²) in [5.41, 5.74) is 0.603. The third kappa shape index (κ3) is 2.87. The van der Waals surface area contributed by atoms with Crippen molar-refractivity contribution in [2.24, 2.45) is 0 Å². The quantitative estimate of drug-likeness (QED) is 0.768. The third-order valence-corrected chi connectivity index (χ3v) is 5.86. The second-order valence-corrected chi connectivity index (χ2v) is 7.60. The third-order valence-electron chi connectivity index (χ3n) is 2.69. The Labute approximate surface area is 133 Å². The molecule has 3 aromatic rings. The van der Waals surface area contributed by atoms with Crippen LogP contribution in [0.4, 0.5) is 13.9 Å². The number of thiazole rings is 1. The molecule has 0 spiro atoms. The van der Waals surface area contributed by atoms with Crippen LogP contribution in [0.3, 0.4) is 0 Å². The highest BCUT2D eigenvalue weighted by atomic mass is 32.2. The van der Waals surface area contributed by atoms with Crippen molar-refractivity contribution in [1.29, 1.82) is 0 Å². The first-order valence-corrected chi connectivity index (χ1v) is 9.18. The van der Waals surface area contributed by atoms with Crippen molar-refractivity contribution in [2.75, 3.05) is 4.72 Å². The van der Waals surface area contributed by atoms with E-state index < -0.39 is 26.6 Å². The number of anilines is 1. The Kier molecular flexibility index (Phi) is 3.94. The molecule has 2 aromatic heterocycles. The number of benzene rings is 1. The van der Waals surface area contributed by atoms with Crippen molar-refractivity contribution in [3.05, 3.63) is 52.7 Å². The Morgan fingerprint density at radius 1 is 1.05 bits per heavy atom. The standard InChI is InChI=1S/C13H8F2N2O2S3/c14-8-3-1-4-9(15)12(8)22(18,19)17-13-16-10(7-21-13)11-5-2-6-20-11/h1-7H,(H,16,17). The average Bonchev–Trinajstić information content (AvgIpc) is 3.07. The van der Waals surface area contributed by atoms with E-state index in [2.05, 4.69) is 9.71 Å². The van der Waals surface area contributed by atoms with E-state index in [0.29, 0.717) is 5.69 Å². The summed E-state index contributed by atoms with van der Waals surface area (Å²) in [4.78, 5) is 3.98. The van der Waals surface area contributed by atoms with Crippen molar-refractivity contribution in [3.63, 3.8) is 0 Å². The number of halogens is 2. The Hall–Kier alpha value is -1.84. The molecule has 3 rings (SSSR count). The maximum atomic E-state index is 13.6. The maximum absolute atomic E-state index is 13.6. The van der Waals surface area contributed by atoms with E-state index in [1.165, 1.54) is 11.3 Å². The molecule has 0 saturated carbocycles. The molecule has 0 bridgehead atoms. The van der Waals surface area contributed by atoms with Crippen molar-refractivity contribution < 1.29 is 17.2 Å². The average molecular weight is 358 g/mol. The summed E-state index contributed by atoms with van der Waals surface area (Å²) >= 11 is 2.50. The van der Waals surface area contributed by atoms with Crippen LogP contribution in [0.2, 0.25) is 0 Å². The van der Waals surface area contributed by atoms with Crippen LogP contribution >= 0.6 is 22.7 Å². The van der Waals surface area contributed by atoms with Crippen LogP contribution < -0.4 is 4.72 Å². The van der Waals surface area contributed by atoms with Gasteiger partial charge in [0.2, 0.25) is 0 Å². The van der Waals surface area contributed by atoms with Gasteiger partial charge in [-0.2, -0.15) is 0 Å². The van der Waals surface area contributed by atoms with Gasteiger partial charge < -0.3 is 0 Å². The minimum absolute atomic E-state index is 0.0473. The Balaban J connectivity index is 1.92. The van der Waals surface area contributed by atoms with E-state index >= 15 is 0 Å². The summed E-state index contributed by atoms with van der Waals surface area (Å²) < 4.78 is 53.5. The minimum atomic E-state index is -4.38. The fourth-order valence-corrected chi connectivity index (χ4v) is 4.63. The fourth-order valence-electron chi connectivity index (χ4n) is 1.76. The number of aromatic nitrogens is 1. The van der Waals surface area contributed by atoms with Gasteiger partial charge in [0.25, 0.3) is 10.0 Å². The molecule has 0 amide bonds. The second-order valence-electron chi connectivity index (χ2n) is 4.17. The lowest BCUT2D eigenvalue weighted by Gasteiger charge is -2.06. The summed E-state index contributed by atoms with van der Waals surface area (Å²) in [6.07, 6.45) is 0. The van der Waals surface area contributed by atoms with Crippen LogP contribution in [-0.4, -0.2) is 13.4 Å². The first-order chi connectivity index (χ1) is 10.5. The number of hydrogen-bond acceptors (Lipinski definition) is 5. The van der Waals surface area contributed by atoms with E-state index in [9.17, 15) is 17.2 Å². The summed E-state index contributed by atoms with van der Waals surface area (Å²) in [5.74, 6) is -2.30. The number of thiophene rings is 1. The molecule has 2 heterocycles. The number of nitrogens with one attached hydrogen (secondary N) is 1. The van der Waals surface area contributed by atoms with Gasteiger partial charge in [-0.05, 0) is 23.6 Å². The highest BCUT2D eigenvalue weighted by Gasteiger charge is 2.25. The fraction of sp³-hybridized carbons (Fsp3) is 0. The lowest BCUT2D eigenvalue weighted by molar-refractivity contribution is 0.521. The van der Waals surface area contributed by atoms with Crippen LogP contribution in [0, 0.1) is 11.6 Å². The van der Waals surface area contributed by atoms with E-state index in [4.69, 9.17) is 0 Å². The summed E-state index contributed by atoms with van der Waals surface area (Å²) in [5, 5.41) is 3.58. The van der Waals surface area contributed by atoms with Gasteiger partial charge >= 0.3 is 0 Å². The normalized spacial score (nSPS) is 11.5. The molecule has 0 saturated heterocycles. The number of hydrogen-bond donors (Lipinski definition) is 1. The molecule has 0 aliphatic rings. The molecular formula is C13H8F2N2O2S3. The van der Waals surface area contributed by atoms with Gasteiger partial charge in [0.05, 0.1) is 10.6 Å². The van der Waals surface area contributed by atoms with Gasteiger partial charge in [0, 0.05) is 5.38 Å². The molecule has 0 aliphatic heterocycles. The zero-order chi connectivity index (χ0) is 15.7. The van der Waals surface area contributed by atoms with Crippen molar-refractivity contribution in [3.8, 4) is 10.6 Å². The lowest BCUT2D eigenvalue weighted by Crippen LogP contribution is -2.16. The van der Waals surface area contributed by atoms with Crippen LogP contribution in [0.5, 0.6) is 0 Å². The van der Waals surface area contributed by atoms with Crippen molar-refractivity contribution >= 4 is 37.8 Å². The monoisotopic (exact) mass is 358 g/mol. The topological polar surface area (TPSA) is 59.1 Å². The lowest BCUT2D eigenvalue weighted by atomic mass is 10.3. The highest BCUT2D eigenvalue weighted by molar-refractivity contribution is 7.93. The van der Waals surface area contributed by atoms with Crippen LogP contribution in [0.25, 0.3) is 10.6 Å². The van der Waals surface area contributed by atoms with Crippen LogP contribution in [-0.2, 0) is 10.0 Å². The summed E-state index contributed by atoms with van der Waals surface area (Å²) in [6, 6.07) is 6.56. The zero-order valence-electron chi connectivity index (χ0n) is 10.8. The number of nitrogens with zero attached hydrogens (tertiary/aromatic N) is 1. The Morgan fingerprint density at radius 3 is 2.41 bits per heavy atom.